The van der Waals surface area contributed by atoms with Crippen molar-refractivity contribution in [3.63, 3.8) is 0 Å². The quantitative estimate of drug-likeness (QED) is 0.884. The summed E-state index contributed by atoms with van der Waals surface area (Å²) < 4.78 is 0.984. The maximum atomic E-state index is 11.6. The minimum atomic E-state index is -0.755. The fourth-order valence-corrected chi connectivity index (χ4v) is 3.63. The first-order chi connectivity index (χ1) is 11.1. The molecule has 2 atom stereocenters. The molecule has 1 N–H and O–H groups in total. The summed E-state index contributed by atoms with van der Waals surface area (Å²) in [7, 11) is 0. The number of aromatic nitrogens is 1. The second kappa shape index (κ2) is 6.81. The highest BCUT2D eigenvalue weighted by Gasteiger charge is 2.37. The van der Waals surface area contributed by atoms with Crippen molar-refractivity contribution in [2.75, 3.05) is 6.54 Å². The zero-order chi connectivity index (χ0) is 16.4. The van der Waals surface area contributed by atoms with Crippen LogP contribution in [0.3, 0.4) is 0 Å². The van der Waals surface area contributed by atoms with Crippen molar-refractivity contribution in [1.29, 1.82) is 0 Å². The number of benzene rings is 1. The number of likely N-dealkylation sites (tertiary alicyclic amines) is 1. The summed E-state index contributed by atoms with van der Waals surface area (Å²) in [5.74, 6) is -0.755. The molecule has 0 radical (unpaired) electrons. The lowest BCUT2D eigenvalue weighted by Crippen LogP contribution is -2.39. The van der Waals surface area contributed by atoms with Gasteiger partial charge in [-0.05, 0) is 49.1 Å². The predicted octanol–water partition coefficient (Wildman–Crippen LogP) is 3.79. The topological polar surface area (TPSA) is 53.4 Å². The lowest BCUT2D eigenvalue weighted by molar-refractivity contribution is -0.142. The summed E-state index contributed by atoms with van der Waals surface area (Å²) in [6.07, 6.45) is 3.42. The number of aliphatic carboxylic acids is 1. The Labute approximate surface area is 144 Å². The minimum absolute atomic E-state index is 0.142. The third-order valence-corrected chi connectivity index (χ3v) is 4.78. The van der Waals surface area contributed by atoms with E-state index in [0.717, 1.165) is 34.3 Å². The first-order valence-electron chi connectivity index (χ1n) is 7.73. The molecule has 0 saturated carbocycles. The standard InChI is InChI=1S/C18H19BrN2O2/c1-12-7-8-15(20-11-12)17(13-4-2-5-14(19)10-13)21-9-3-6-16(21)18(22)23/h2,4-5,7-8,10-11,16-17H,3,6,9H2,1H3,(H,22,23). The first-order valence-corrected chi connectivity index (χ1v) is 8.52. The number of hydrogen-bond donors (Lipinski definition) is 1. The summed E-state index contributed by atoms with van der Waals surface area (Å²) >= 11 is 3.51. The SMILES string of the molecule is Cc1ccc(C(c2cccc(Br)c2)N2CCCC2C(=O)O)nc1. The van der Waals surface area contributed by atoms with Gasteiger partial charge in [-0.1, -0.05) is 34.1 Å². The lowest BCUT2D eigenvalue weighted by Gasteiger charge is -2.31. The van der Waals surface area contributed by atoms with Crippen molar-refractivity contribution < 1.29 is 9.90 Å². The van der Waals surface area contributed by atoms with Crippen LogP contribution in [0.25, 0.3) is 0 Å². The highest BCUT2D eigenvalue weighted by molar-refractivity contribution is 9.10. The Morgan fingerprint density at radius 3 is 2.87 bits per heavy atom. The monoisotopic (exact) mass is 374 g/mol. The van der Waals surface area contributed by atoms with Gasteiger partial charge < -0.3 is 5.11 Å². The van der Waals surface area contributed by atoms with Crippen molar-refractivity contribution in [2.45, 2.75) is 31.8 Å². The van der Waals surface area contributed by atoms with E-state index in [1.807, 2.05) is 49.5 Å². The van der Waals surface area contributed by atoms with Crippen LogP contribution in [0.1, 0.15) is 35.7 Å². The Hall–Kier alpha value is -1.72. The Morgan fingerprint density at radius 2 is 2.22 bits per heavy atom. The second-order valence-electron chi connectivity index (χ2n) is 5.95. The van der Waals surface area contributed by atoms with Crippen LogP contribution in [0, 0.1) is 6.92 Å². The molecule has 3 rings (SSSR count). The third-order valence-electron chi connectivity index (χ3n) is 4.29. The van der Waals surface area contributed by atoms with Crippen molar-refractivity contribution >= 4 is 21.9 Å². The molecule has 23 heavy (non-hydrogen) atoms. The van der Waals surface area contributed by atoms with Gasteiger partial charge in [0.15, 0.2) is 0 Å². The number of nitrogens with zero attached hydrogens (tertiary/aromatic N) is 2. The number of carbonyl (C=O) groups is 1. The largest absolute Gasteiger partial charge is 0.480 e. The molecular formula is C18H19BrN2O2. The first kappa shape index (κ1) is 16.1. The summed E-state index contributed by atoms with van der Waals surface area (Å²) in [5, 5.41) is 9.55. The van der Waals surface area contributed by atoms with Gasteiger partial charge in [0.05, 0.1) is 11.7 Å². The zero-order valence-corrected chi connectivity index (χ0v) is 14.5. The Kier molecular flexibility index (Phi) is 4.78. The molecule has 1 fully saturated rings. The van der Waals surface area contributed by atoms with Gasteiger partial charge in [0.25, 0.3) is 0 Å². The molecule has 2 aromatic rings. The molecule has 0 spiro atoms. The summed E-state index contributed by atoms with van der Waals surface area (Å²) in [6.45, 7) is 2.77. The van der Waals surface area contributed by atoms with E-state index in [9.17, 15) is 9.90 Å². The molecule has 5 heteroatoms. The van der Waals surface area contributed by atoms with Gasteiger partial charge in [0.1, 0.15) is 6.04 Å². The molecule has 1 aliphatic heterocycles. The average Bonchev–Trinajstić information content (AvgIpc) is 2.99. The third kappa shape index (κ3) is 3.46. The van der Waals surface area contributed by atoms with Crippen molar-refractivity contribution in [2.24, 2.45) is 0 Å². The van der Waals surface area contributed by atoms with Gasteiger partial charge in [-0.15, -0.1) is 0 Å². The van der Waals surface area contributed by atoms with E-state index in [1.165, 1.54) is 0 Å². The highest BCUT2D eigenvalue weighted by atomic mass is 79.9. The van der Waals surface area contributed by atoms with Crippen molar-refractivity contribution in [1.82, 2.24) is 9.88 Å². The Bertz CT molecular complexity index is 702. The smallest absolute Gasteiger partial charge is 0.320 e. The number of rotatable bonds is 4. The van der Waals surface area contributed by atoms with Crippen LogP contribution in [0.15, 0.2) is 47.1 Å². The van der Waals surface area contributed by atoms with Crippen molar-refractivity contribution in [3.05, 3.63) is 63.9 Å². The molecule has 1 aromatic carbocycles. The van der Waals surface area contributed by atoms with Crippen LogP contribution >= 0.6 is 15.9 Å². The zero-order valence-electron chi connectivity index (χ0n) is 12.9. The minimum Gasteiger partial charge on any atom is -0.480 e. The molecule has 2 heterocycles. The van der Waals surface area contributed by atoms with Gasteiger partial charge in [0, 0.05) is 17.2 Å². The predicted molar refractivity (Wildman–Crippen MR) is 92.3 cm³/mol. The molecule has 0 amide bonds. The van der Waals surface area contributed by atoms with Crippen LogP contribution in [0.5, 0.6) is 0 Å². The maximum Gasteiger partial charge on any atom is 0.320 e. The molecule has 1 aliphatic rings. The molecule has 2 unspecified atom stereocenters. The molecular weight excluding hydrogens is 356 g/mol. The molecule has 1 saturated heterocycles. The highest BCUT2D eigenvalue weighted by Crippen LogP contribution is 2.35. The number of carboxylic acid groups (broad SMARTS) is 1. The normalized spacial score (nSPS) is 19.7. The lowest BCUT2D eigenvalue weighted by atomic mass is 10.00. The van der Waals surface area contributed by atoms with E-state index < -0.39 is 12.0 Å². The summed E-state index contributed by atoms with van der Waals surface area (Å²) in [6, 6.07) is 11.5. The number of hydrogen-bond acceptors (Lipinski definition) is 3. The second-order valence-corrected chi connectivity index (χ2v) is 6.87. The fraction of sp³-hybridized carbons (Fsp3) is 0.333. The maximum absolute atomic E-state index is 11.6. The van der Waals surface area contributed by atoms with Crippen LogP contribution < -0.4 is 0 Å². The van der Waals surface area contributed by atoms with Gasteiger partial charge >= 0.3 is 5.97 Å². The van der Waals surface area contributed by atoms with E-state index in [2.05, 4.69) is 25.8 Å². The van der Waals surface area contributed by atoms with Crippen LogP contribution in [0.2, 0.25) is 0 Å². The molecule has 1 aromatic heterocycles. The van der Waals surface area contributed by atoms with Crippen LogP contribution in [0.4, 0.5) is 0 Å². The van der Waals surface area contributed by atoms with Gasteiger partial charge in [-0.25, -0.2) is 0 Å². The van der Waals surface area contributed by atoms with Gasteiger partial charge in [-0.2, -0.15) is 0 Å². The molecule has 120 valence electrons. The number of aryl methyl sites for hydroxylation is 1. The molecule has 4 nitrogen and oxygen atoms in total. The number of pyridine rings is 1. The van der Waals surface area contributed by atoms with E-state index in [4.69, 9.17) is 0 Å². The van der Waals surface area contributed by atoms with E-state index in [1.54, 1.807) is 0 Å². The number of carboxylic acids is 1. The van der Waals surface area contributed by atoms with Gasteiger partial charge in [-0.3, -0.25) is 14.7 Å². The van der Waals surface area contributed by atoms with Crippen molar-refractivity contribution in [3.8, 4) is 0 Å². The van der Waals surface area contributed by atoms with E-state index in [0.29, 0.717) is 6.42 Å². The van der Waals surface area contributed by atoms with Gasteiger partial charge in [0.2, 0.25) is 0 Å². The molecule has 0 bridgehead atoms. The Balaban J connectivity index is 2.06. The van der Waals surface area contributed by atoms with E-state index >= 15 is 0 Å². The fourth-order valence-electron chi connectivity index (χ4n) is 3.21. The van der Waals surface area contributed by atoms with E-state index in [-0.39, 0.29) is 6.04 Å². The Morgan fingerprint density at radius 1 is 1.39 bits per heavy atom. The number of halogens is 1. The average molecular weight is 375 g/mol. The van der Waals surface area contributed by atoms with Crippen LogP contribution in [-0.2, 0) is 4.79 Å². The summed E-state index contributed by atoms with van der Waals surface area (Å²) in [4.78, 5) is 18.3. The summed E-state index contributed by atoms with van der Waals surface area (Å²) in [5.41, 5.74) is 3.05. The van der Waals surface area contributed by atoms with Crippen LogP contribution in [-0.4, -0.2) is 33.5 Å². The molecule has 0 aliphatic carbocycles.